The van der Waals surface area contributed by atoms with Gasteiger partial charge in [-0.3, -0.25) is 0 Å². The third-order valence-corrected chi connectivity index (χ3v) is 18.6. The minimum absolute atomic E-state index is 0. The van der Waals surface area contributed by atoms with E-state index >= 15 is 0 Å². The van der Waals surface area contributed by atoms with Crippen LogP contribution in [-0.4, -0.2) is 6.41 Å². The Hall–Kier alpha value is -6.75. The molecule has 0 unspecified atom stereocenters. The topological polar surface area (TPSA) is 0 Å². The third kappa shape index (κ3) is 17.3. The summed E-state index contributed by atoms with van der Waals surface area (Å²) in [5.74, 6) is 0. The van der Waals surface area contributed by atoms with E-state index in [1.807, 2.05) is 0 Å². The van der Waals surface area contributed by atoms with Gasteiger partial charge in [0.1, 0.15) is 0 Å². The molecule has 14 aromatic rings. The van der Waals surface area contributed by atoms with Crippen LogP contribution in [0, 0.1) is 27.7 Å². The molecule has 0 heterocycles. The number of halogens is 2. The van der Waals surface area contributed by atoms with E-state index in [1.165, 1.54) is 186 Å². The van der Waals surface area contributed by atoms with E-state index in [1.54, 1.807) is 0 Å². The van der Waals surface area contributed by atoms with Gasteiger partial charge in [-0.05, 0) is 39.5 Å². The summed E-state index contributed by atoms with van der Waals surface area (Å²) in [5, 5.41) is 16.6. The molecule has 14 aromatic carbocycles. The number of hydrogen-bond acceptors (Lipinski definition) is 0. The van der Waals surface area contributed by atoms with Gasteiger partial charge in [-0.2, -0.15) is 12.1 Å². The van der Waals surface area contributed by atoms with Gasteiger partial charge < -0.3 is 24.8 Å². The molecule has 0 aliphatic carbocycles. The normalized spacial score (nSPS) is 10.5. The van der Waals surface area contributed by atoms with Crippen molar-refractivity contribution >= 4 is 71.0 Å². The van der Waals surface area contributed by atoms with Crippen molar-refractivity contribution in [2.75, 3.05) is 0 Å². The van der Waals surface area contributed by atoms with Crippen molar-refractivity contribution in [1.82, 2.24) is 0 Å². The summed E-state index contributed by atoms with van der Waals surface area (Å²) in [6, 6.07) is 96.0. The molecule has 86 heavy (non-hydrogen) atoms. The molecule has 0 spiro atoms. The average Bonchev–Trinajstić information content (AvgIpc) is 2.26. The minimum atomic E-state index is 0. The summed E-state index contributed by atoms with van der Waals surface area (Å²) < 4.78 is 2.83. The van der Waals surface area contributed by atoms with Crippen LogP contribution in [0.3, 0.4) is 0 Å². The fourth-order valence-electron chi connectivity index (χ4n) is 11.0. The van der Waals surface area contributed by atoms with E-state index in [2.05, 4.69) is 322 Å². The van der Waals surface area contributed by atoms with Crippen LogP contribution in [0.1, 0.15) is 94.5 Å². The first-order valence-corrected chi connectivity index (χ1v) is 32.2. The summed E-state index contributed by atoms with van der Waals surface area (Å²) in [5.41, 5.74) is 16.5. The average molecular weight is 1310 g/mol. The van der Waals surface area contributed by atoms with Crippen LogP contribution in [0.2, 0.25) is 0 Å². The summed E-state index contributed by atoms with van der Waals surface area (Å²) in [6.07, 6.45) is 4.44. The summed E-state index contributed by atoms with van der Waals surface area (Å²) in [6.45, 7) is 17.4. The van der Waals surface area contributed by atoms with Crippen molar-refractivity contribution in [3.8, 4) is 0 Å². The van der Waals surface area contributed by atoms with Crippen LogP contribution in [0.15, 0.2) is 267 Å². The zero-order valence-corrected chi connectivity index (χ0v) is 57.4. The number of fused-ring (bicyclic) bond motifs is 8. The second-order valence-electron chi connectivity index (χ2n) is 21.8. The number of aryl methyl sites for hydroxylation is 8. The van der Waals surface area contributed by atoms with Crippen LogP contribution in [0.25, 0.3) is 64.6 Å². The van der Waals surface area contributed by atoms with E-state index in [0.29, 0.717) is 0 Å². The van der Waals surface area contributed by atoms with Gasteiger partial charge in [0.05, 0.1) is 0 Å². The SMILES string of the molecule is CCc1ccc2c(c1)[cH-]c1cc(CC)ccc12.CCc1ccc2c(c1)[cH-]c1cc(CC)ccc12.Cc1cc2c(C)cccc2[cH-]1.Cc1cc2c(C)cccc2[cH-]1.[Cl-].[Cl-].[Zr+2]=[C](c1ccccc1)c1ccccc1.[Zr+2]=[C](c1ccccc1)c1ccccc1. The summed E-state index contributed by atoms with van der Waals surface area (Å²) in [7, 11) is 0. The Morgan fingerprint density at radius 3 is 0.756 bits per heavy atom. The second kappa shape index (κ2) is 32.8. The predicted molar refractivity (Wildman–Crippen MR) is 362 cm³/mol. The van der Waals surface area contributed by atoms with Crippen LogP contribution >= 0.6 is 0 Å². The molecule has 0 aliphatic rings. The second-order valence-corrected chi connectivity index (χ2v) is 24.3. The van der Waals surface area contributed by atoms with Gasteiger partial charge in [-0.1, -0.05) is 136 Å². The van der Waals surface area contributed by atoms with E-state index in [-0.39, 0.29) is 24.8 Å². The monoisotopic (exact) mass is 1310 g/mol. The Morgan fingerprint density at radius 1 is 0.267 bits per heavy atom. The molecule has 0 aromatic heterocycles. The van der Waals surface area contributed by atoms with Gasteiger partial charge in [0, 0.05) is 0 Å². The summed E-state index contributed by atoms with van der Waals surface area (Å²) in [4.78, 5) is 0. The molecule has 4 heteroatoms. The van der Waals surface area contributed by atoms with Crippen molar-refractivity contribution in [2.45, 2.75) is 81.1 Å². The molecule has 14 rings (SSSR count). The van der Waals surface area contributed by atoms with Gasteiger partial charge in [0.15, 0.2) is 0 Å². The Kier molecular flexibility index (Phi) is 25.5. The molecule has 0 N–H and O–H groups in total. The predicted octanol–water partition coefficient (Wildman–Crippen LogP) is 15.6. The standard InChI is InChI=1S/2C17H17.2C13H10.2C11H11.2ClH.2Zr/c2*1-3-12-5-7-16-14(9-12)11-15-10-13(4-2)6-8-17(15)16;2*1-3-7-12(8-4-1)11-13-9-5-2-6-10-13;2*1-8-6-10-5-3-4-9(2)11(10)7-8;;;;/h2*5-11H,3-4H2,1-2H3;2*1-10H;2*3-7H,1-2H3;2*1H;;/q2*-1;;;2*-1;;;2*+2/p-2. The quantitative estimate of drug-likeness (QED) is 0.133. The van der Waals surface area contributed by atoms with Crippen LogP contribution in [-0.2, 0) is 74.2 Å². The molecule has 0 radical (unpaired) electrons. The molecule has 0 saturated carbocycles. The number of hydrogen-bond donors (Lipinski definition) is 0. The van der Waals surface area contributed by atoms with Gasteiger partial charge in [-0.15, -0.1) is 149 Å². The fourth-order valence-corrected chi connectivity index (χ4v) is 12.6. The zero-order chi connectivity index (χ0) is 59.0. The van der Waals surface area contributed by atoms with Crippen molar-refractivity contribution in [3.63, 3.8) is 0 Å². The Labute approximate surface area is 553 Å². The van der Waals surface area contributed by atoms with E-state index in [0.717, 1.165) is 25.7 Å². The van der Waals surface area contributed by atoms with Crippen LogP contribution in [0.4, 0.5) is 0 Å². The fraction of sp³-hybridized carbons (Fsp3) is 0.146. The first-order valence-electron chi connectivity index (χ1n) is 29.8. The van der Waals surface area contributed by atoms with Crippen molar-refractivity contribution in [2.24, 2.45) is 0 Å². The van der Waals surface area contributed by atoms with Crippen molar-refractivity contribution in [3.05, 3.63) is 334 Å². The van der Waals surface area contributed by atoms with Gasteiger partial charge in [0.2, 0.25) is 0 Å². The van der Waals surface area contributed by atoms with E-state index < -0.39 is 0 Å². The first-order chi connectivity index (χ1) is 40.9. The Bertz CT molecular complexity index is 3930. The molecule has 0 saturated heterocycles. The third-order valence-electron chi connectivity index (χ3n) is 15.8. The van der Waals surface area contributed by atoms with Gasteiger partial charge in [0.25, 0.3) is 0 Å². The zero-order valence-electron chi connectivity index (χ0n) is 51.0. The van der Waals surface area contributed by atoms with E-state index in [4.69, 9.17) is 0 Å². The maximum atomic E-state index is 2.32. The number of rotatable bonds is 8. The molecule has 0 atom stereocenters. The molecule has 0 bridgehead atoms. The first kappa shape index (κ1) is 66.8. The summed E-state index contributed by atoms with van der Waals surface area (Å²) >= 11 is 2.92. The van der Waals surface area contributed by atoms with E-state index in [9.17, 15) is 0 Å². The molecular formula is C82H76Cl2Zr2-2. The number of benzene rings is 10. The van der Waals surface area contributed by atoms with Crippen molar-refractivity contribution < 1.29 is 73.3 Å². The molecule has 428 valence electrons. The van der Waals surface area contributed by atoms with Crippen molar-refractivity contribution in [1.29, 1.82) is 0 Å². The van der Waals surface area contributed by atoms with Gasteiger partial charge in [-0.25, -0.2) is 0 Å². The molecular weight excluding hydrogens is 1240 g/mol. The molecule has 0 fully saturated rings. The Balaban J connectivity index is 0.000000148. The Morgan fingerprint density at radius 2 is 0.523 bits per heavy atom. The van der Waals surface area contributed by atoms with Crippen LogP contribution in [0.5, 0.6) is 0 Å². The molecule has 0 aliphatic heterocycles. The molecule has 0 nitrogen and oxygen atoms in total. The van der Waals surface area contributed by atoms with Crippen LogP contribution < -0.4 is 24.8 Å². The van der Waals surface area contributed by atoms with Gasteiger partial charge >= 0.3 is 198 Å². The molecule has 0 amide bonds. The maximum absolute atomic E-state index is 2.32.